The highest BCUT2D eigenvalue weighted by Crippen LogP contribution is 2.22. The Balaban J connectivity index is 2.60. The van der Waals surface area contributed by atoms with Crippen molar-refractivity contribution in [3.05, 3.63) is 28.7 Å². The van der Waals surface area contributed by atoms with Gasteiger partial charge < -0.3 is 0 Å². The van der Waals surface area contributed by atoms with Gasteiger partial charge in [-0.3, -0.25) is 10.0 Å². The van der Waals surface area contributed by atoms with Gasteiger partial charge in [-0.2, -0.15) is 10.4 Å². The number of aromatic nitrogens is 2. The summed E-state index contributed by atoms with van der Waals surface area (Å²) in [5, 5.41) is 13.6. The Labute approximate surface area is 111 Å². The Morgan fingerprint density at radius 1 is 1.44 bits per heavy atom. The molecule has 2 heterocycles. The van der Waals surface area contributed by atoms with E-state index in [-0.39, 0.29) is 0 Å². The van der Waals surface area contributed by atoms with E-state index in [9.17, 15) is 5.26 Å². The van der Waals surface area contributed by atoms with Crippen LogP contribution in [0.5, 0.6) is 0 Å². The average Bonchev–Trinajstić information content (AvgIpc) is 2.65. The van der Waals surface area contributed by atoms with E-state index in [1.807, 2.05) is 19.9 Å². The van der Waals surface area contributed by atoms with Gasteiger partial charge in [-0.05, 0) is 26.8 Å². The van der Waals surface area contributed by atoms with Crippen LogP contribution in [-0.2, 0) is 0 Å². The summed E-state index contributed by atoms with van der Waals surface area (Å²) in [7, 11) is 0. The van der Waals surface area contributed by atoms with Gasteiger partial charge in [0.2, 0.25) is 0 Å². The zero-order valence-corrected chi connectivity index (χ0v) is 11.3. The SMILES string of the molecule is CC1=C(C#N)C(n2nc(C)cc2C)=NC(N)N1S. The van der Waals surface area contributed by atoms with Crippen molar-refractivity contribution < 1.29 is 0 Å². The maximum Gasteiger partial charge on any atom is 0.185 e. The summed E-state index contributed by atoms with van der Waals surface area (Å²) < 4.78 is 3.10. The van der Waals surface area contributed by atoms with E-state index in [1.165, 1.54) is 4.31 Å². The summed E-state index contributed by atoms with van der Waals surface area (Å²) in [6.45, 7) is 5.58. The third-order valence-corrected chi connectivity index (χ3v) is 3.29. The Morgan fingerprint density at radius 3 is 2.61 bits per heavy atom. The Hall–Kier alpha value is -1.78. The molecule has 1 aliphatic heterocycles. The van der Waals surface area contributed by atoms with E-state index < -0.39 is 6.29 Å². The van der Waals surface area contributed by atoms with Crippen LogP contribution in [0.15, 0.2) is 22.3 Å². The van der Waals surface area contributed by atoms with Gasteiger partial charge in [0.05, 0.1) is 5.69 Å². The number of nitrogens with zero attached hydrogens (tertiary/aromatic N) is 5. The number of hydrogen-bond donors (Lipinski definition) is 2. The predicted octanol–water partition coefficient (Wildman–Crippen LogP) is 0.947. The monoisotopic (exact) mass is 262 g/mol. The number of rotatable bonds is 0. The van der Waals surface area contributed by atoms with Crippen molar-refractivity contribution in [1.29, 1.82) is 5.26 Å². The number of thiol groups is 1. The van der Waals surface area contributed by atoms with Crippen LogP contribution >= 0.6 is 12.8 Å². The lowest BCUT2D eigenvalue weighted by Crippen LogP contribution is -2.40. The van der Waals surface area contributed by atoms with Crippen LogP contribution < -0.4 is 5.73 Å². The molecule has 1 aromatic rings. The lowest BCUT2D eigenvalue weighted by molar-refractivity contribution is 0.434. The van der Waals surface area contributed by atoms with Crippen LogP contribution in [0.25, 0.3) is 0 Å². The molecule has 0 bridgehead atoms. The van der Waals surface area contributed by atoms with Crippen LogP contribution in [0.4, 0.5) is 0 Å². The summed E-state index contributed by atoms with van der Waals surface area (Å²) in [5.74, 6) is 0.471. The molecule has 1 aliphatic rings. The molecule has 2 rings (SSSR count). The molecule has 0 aliphatic carbocycles. The fourth-order valence-corrected chi connectivity index (χ4v) is 2.01. The van der Waals surface area contributed by atoms with Crippen molar-refractivity contribution in [2.24, 2.45) is 10.7 Å². The van der Waals surface area contributed by atoms with Gasteiger partial charge in [0.25, 0.3) is 0 Å². The van der Waals surface area contributed by atoms with Crippen molar-refractivity contribution in [3.63, 3.8) is 0 Å². The average molecular weight is 262 g/mol. The fourth-order valence-electron chi connectivity index (χ4n) is 1.85. The van der Waals surface area contributed by atoms with Gasteiger partial charge in [-0.15, -0.1) is 0 Å². The number of hydrogen-bond acceptors (Lipinski definition) is 6. The van der Waals surface area contributed by atoms with Gasteiger partial charge in [-0.1, -0.05) is 12.8 Å². The van der Waals surface area contributed by atoms with Gasteiger partial charge in [-0.25, -0.2) is 9.67 Å². The minimum Gasteiger partial charge on any atom is -0.292 e. The van der Waals surface area contributed by atoms with Gasteiger partial charge >= 0.3 is 0 Å². The predicted molar refractivity (Wildman–Crippen MR) is 71.6 cm³/mol. The molecular formula is C11H14N6S. The lowest BCUT2D eigenvalue weighted by Gasteiger charge is -2.28. The second-order valence-electron chi connectivity index (χ2n) is 4.12. The van der Waals surface area contributed by atoms with Crippen molar-refractivity contribution in [2.75, 3.05) is 0 Å². The zero-order valence-electron chi connectivity index (χ0n) is 10.4. The Bertz CT molecular complexity index is 591. The highest BCUT2D eigenvalue weighted by atomic mass is 32.1. The van der Waals surface area contributed by atoms with Crippen molar-refractivity contribution in [2.45, 2.75) is 27.1 Å². The van der Waals surface area contributed by atoms with Gasteiger partial charge in [0.1, 0.15) is 11.6 Å². The molecule has 2 N–H and O–H groups in total. The summed E-state index contributed by atoms with van der Waals surface area (Å²) in [4.78, 5) is 4.27. The largest absolute Gasteiger partial charge is 0.292 e. The first-order valence-corrected chi connectivity index (χ1v) is 5.82. The zero-order chi connectivity index (χ0) is 13.4. The minimum atomic E-state index is -0.621. The Morgan fingerprint density at radius 2 is 2.11 bits per heavy atom. The van der Waals surface area contributed by atoms with E-state index in [1.54, 1.807) is 11.6 Å². The fraction of sp³-hybridized carbons (Fsp3) is 0.364. The molecule has 0 radical (unpaired) electrons. The number of allylic oxidation sites excluding steroid dienone is 2. The topological polar surface area (TPSA) is 83.2 Å². The van der Waals surface area contributed by atoms with Crippen molar-refractivity contribution >= 4 is 18.7 Å². The van der Waals surface area contributed by atoms with E-state index in [0.717, 1.165) is 11.4 Å². The van der Waals surface area contributed by atoms with Crippen molar-refractivity contribution in [1.82, 2.24) is 14.1 Å². The molecule has 0 saturated heterocycles. The second kappa shape index (κ2) is 4.48. The number of nitrogens with two attached hydrogens (primary N) is 1. The smallest absolute Gasteiger partial charge is 0.185 e. The summed E-state index contributed by atoms with van der Waals surface area (Å²) in [5.41, 5.74) is 8.72. The maximum atomic E-state index is 9.26. The standard InChI is InChI=1S/C11H14N6S/c1-6-4-7(2)16(15-6)10-9(5-12)8(3)17(18)11(13)14-10/h4,11,18H,13H2,1-3H3. The van der Waals surface area contributed by atoms with Crippen molar-refractivity contribution in [3.8, 4) is 6.07 Å². The molecule has 0 aromatic carbocycles. The molecule has 0 spiro atoms. The van der Waals surface area contributed by atoms with E-state index in [0.29, 0.717) is 17.1 Å². The maximum absolute atomic E-state index is 9.26. The first-order valence-electron chi connectivity index (χ1n) is 5.42. The number of aryl methyl sites for hydroxylation is 2. The molecule has 0 saturated carbocycles. The molecule has 94 valence electrons. The number of aliphatic imine (C=N–C) groups is 1. The van der Waals surface area contributed by atoms with Crippen LogP contribution in [0, 0.1) is 25.2 Å². The van der Waals surface area contributed by atoms with Crippen LogP contribution in [0.3, 0.4) is 0 Å². The summed E-state index contributed by atoms with van der Waals surface area (Å²) >= 11 is 4.21. The highest BCUT2D eigenvalue weighted by Gasteiger charge is 2.26. The minimum absolute atomic E-state index is 0.429. The van der Waals surface area contributed by atoms with Gasteiger partial charge in [0, 0.05) is 11.4 Å². The molecule has 7 heteroatoms. The molecule has 18 heavy (non-hydrogen) atoms. The van der Waals surface area contributed by atoms with Crippen LogP contribution in [0.1, 0.15) is 18.3 Å². The molecule has 1 unspecified atom stereocenters. The molecule has 1 atom stereocenters. The van der Waals surface area contributed by atoms with Gasteiger partial charge in [0.15, 0.2) is 12.1 Å². The molecule has 0 amide bonds. The quantitative estimate of drug-likeness (QED) is 0.682. The van der Waals surface area contributed by atoms with Crippen LogP contribution in [-0.4, -0.2) is 26.2 Å². The number of nitriles is 1. The van der Waals surface area contributed by atoms with E-state index in [4.69, 9.17) is 5.73 Å². The summed E-state index contributed by atoms with van der Waals surface area (Å²) in [6, 6.07) is 4.05. The lowest BCUT2D eigenvalue weighted by atomic mass is 10.2. The Kier molecular flexibility index (Phi) is 3.15. The van der Waals surface area contributed by atoms with Crippen LogP contribution in [0.2, 0.25) is 0 Å². The molecule has 1 aromatic heterocycles. The first-order chi connectivity index (χ1) is 8.45. The molecule has 6 nitrogen and oxygen atoms in total. The van der Waals surface area contributed by atoms with E-state index >= 15 is 0 Å². The third-order valence-electron chi connectivity index (χ3n) is 2.76. The highest BCUT2D eigenvalue weighted by molar-refractivity contribution is 7.77. The molecule has 0 fully saturated rings. The second-order valence-corrected chi connectivity index (χ2v) is 4.55. The normalized spacial score (nSPS) is 19.9. The molecular weight excluding hydrogens is 248 g/mol. The first kappa shape index (κ1) is 12.7. The van der Waals surface area contributed by atoms with E-state index in [2.05, 4.69) is 29.0 Å². The third kappa shape index (κ3) is 1.89. The summed E-state index contributed by atoms with van der Waals surface area (Å²) in [6.07, 6.45) is -0.621.